The molecule has 3 saturated carbocycles. The van der Waals surface area contributed by atoms with Gasteiger partial charge in [-0.2, -0.15) is 16.8 Å². The van der Waals surface area contributed by atoms with E-state index in [2.05, 4.69) is 56.7 Å². The van der Waals surface area contributed by atoms with Gasteiger partial charge in [0.25, 0.3) is 0 Å². The third kappa shape index (κ3) is 3.74. The van der Waals surface area contributed by atoms with Crippen LogP contribution in [0.1, 0.15) is 93.4 Å². The molecule has 5 aliphatic rings. The Labute approximate surface area is 252 Å². The maximum Gasteiger partial charge on any atom is 1.00 e. The summed E-state index contributed by atoms with van der Waals surface area (Å²) in [7, 11) is 0. The van der Waals surface area contributed by atoms with Crippen LogP contribution in [0.3, 0.4) is 0 Å². The second-order valence-corrected chi connectivity index (χ2v) is 15.6. The molecule has 0 amide bonds. The molecule has 3 fully saturated rings. The van der Waals surface area contributed by atoms with Crippen LogP contribution in [0.15, 0.2) is 41.8 Å². The van der Waals surface area contributed by atoms with Crippen molar-refractivity contribution in [1.82, 2.24) is 9.78 Å². The summed E-state index contributed by atoms with van der Waals surface area (Å²) in [6.07, 6.45) is 15.1. The van der Waals surface area contributed by atoms with Crippen LogP contribution in [0.25, 0.3) is 0 Å². The number of hydrogen-bond donors (Lipinski definition) is 0. The molecule has 5 nitrogen and oxygen atoms in total. The maximum absolute atomic E-state index is 14.6. The first kappa shape index (κ1) is 29.6. The normalized spacial score (nSPS) is 41.6. The second-order valence-electron chi connectivity index (χ2n) is 15.6. The number of carbonyl (C=O) groups is 2. The minimum Gasteiger partial charge on any atom is -0.297 e. The fourth-order valence-electron chi connectivity index (χ4n) is 10.3. The number of allylic oxidation sites excluding steroid dienone is 4. The average Bonchev–Trinajstić information content (AvgIpc) is 3.36. The summed E-state index contributed by atoms with van der Waals surface area (Å²) in [5.41, 5.74) is 0.0877. The van der Waals surface area contributed by atoms with E-state index in [9.17, 15) is 14.9 Å². The number of carbonyl (C=O) groups excluding carboxylic acids is 2. The molecule has 1 unspecified atom stereocenters. The van der Waals surface area contributed by atoms with Crippen LogP contribution < -0.4 is 18.9 Å². The Morgan fingerprint density at radius 1 is 1.05 bits per heavy atom. The molecule has 1 heterocycles. The smallest absolute Gasteiger partial charge is 0.297 e. The SMILES string of the molecule is CC1(C)CC[C@]2(Cn3cccn3)CC[C@]3(C)[C@H](C(=O)C=C4[C@@]5(C)C=C(C#N)C(=O)C(C)(C)C5CC[C@]43C)[C-]2C1.[Li+]. The number of rotatable bonds is 2. The quantitative estimate of drug-likeness (QED) is 0.424. The Bertz CT molecular complexity index is 1350. The predicted molar refractivity (Wildman–Crippen MR) is 151 cm³/mol. The number of Topliss-reactive ketones (excluding diaryl/α,β-unsaturated/α-hetero) is 1. The molecular weight excluding hydrogens is 489 g/mol. The summed E-state index contributed by atoms with van der Waals surface area (Å²) in [6, 6.07) is 4.21. The first-order valence-electron chi connectivity index (χ1n) is 14.9. The van der Waals surface area contributed by atoms with Crippen molar-refractivity contribution in [2.75, 3.05) is 0 Å². The van der Waals surface area contributed by atoms with Gasteiger partial charge in [0.05, 0.1) is 5.57 Å². The number of ketones is 2. The van der Waals surface area contributed by atoms with E-state index < -0.39 is 10.8 Å². The minimum atomic E-state index is -0.634. The zero-order valence-electron chi connectivity index (χ0n) is 25.9. The third-order valence-corrected chi connectivity index (χ3v) is 12.7. The summed E-state index contributed by atoms with van der Waals surface area (Å²) < 4.78 is 2.08. The van der Waals surface area contributed by atoms with Crippen LogP contribution in [-0.2, 0) is 16.1 Å². The van der Waals surface area contributed by atoms with Gasteiger partial charge in [-0.25, -0.2) is 0 Å². The molecule has 0 bridgehead atoms. The van der Waals surface area contributed by atoms with Gasteiger partial charge in [0, 0.05) is 29.8 Å². The number of aromatic nitrogens is 2. The van der Waals surface area contributed by atoms with Crippen LogP contribution in [0.2, 0.25) is 0 Å². The second kappa shape index (κ2) is 9.06. The van der Waals surface area contributed by atoms with E-state index in [0.29, 0.717) is 0 Å². The Balaban J connectivity index is 0.00000323. The van der Waals surface area contributed by atoms with Gasteiger partial charge in [0.15, 0.2) is 5.78 Å². The van der Waals surface area contributed by atoms with Crippen LogP contribution in [-0.4, -0.2) is 21.3 Å². The van der Waals surface area contributed by atoms with Crippen molar-refractivity contribution in [1.29, 1.82) is 5.26 Å². The van der Waals surface area contributed by atoms with Crippen molar-refractivity contribution in [3.63, 3.8) is 0 Å². The van der Waals surface area contributed by atoms with E-state index in [0.717, 1.165) is 45.1 Å². The number of nitriles is 1. The van der Waals surface area contributed by atoms with Crippen molar-refractivity contribution in [2.45, 2.75) is 100.0 Å². The standard InChI is InChI=1S/C34H44N3O2.Li/c1-29(2)11-13-34(21-37-16-8-15-36-37)14-12-33(7)27(23(34)19-29)24(38)17-26-31(5)18-22(20-35)28(39)30(3,4)25(31)9-10-32(26,33)6;/h8,15-18,25,27H,9-14,19,21H2,1-7H3;/q-1;+1/t25?,27-,31-,32+,33+,34+;/m0./s1. The fraction of sp³-hybridized carbons (Fsp3) is 0.676. The van der Waals surface area contributed by atoms with Gasteiger partial charge >= 0.3 is 18.9 Å². The molecule has 0 spiro atoms. The Hall–Kier alpha value is -1.88. The molecule has 6 heteroatoms. The Morgan fingerprint density at radius 3 is 2.40 bits per heavy atom. The molecule has 1 aromatic rings. The van der Waals surface area contributed by atoms with Gasteiger partial charge in [-0.05, 0) is 41.7 Å². The van der Waals surface area contributed by atoms with E-state index in [4.69, 9.17) is 0 Å². The van der Waals surface area contributed by atoms with Crippen molar-refractivity contribution in [3.05, 3.63) is 47.7 Å². The van der Waals surface area contributed by atoms with Crippen molar-refractivity contribution in [3.8, 4) is 6.07 Å². The Morgan fingerprint density at radius 2 is 1.75 bits per heavy atom. The van der Waals surface area contributed by atoms with E-state index in [1.54, 1.807) is 0 Å². The molecule has 5 aliphatic carbocycles. The zero-order chi connectivity index (χ0) is 28.2. The van der Waals surface area contributed by atoms with Crippen LogP contribution in [0, 0.1) is 61.6 Å². The van der Waals surface area contributed by atoms with Crippen LogP contribution in [0.5, 0.6) is 0 Å². The molecule has 208 valence electrons. The molecule has 0 aliphatic heterocycles. The van der Waals surface area contributed by atoms with Crippen LogP contribution in [0.4, 0.5) is 0 Å². The fourth-order valence-corrected chi connectivity index (χ4v) is 10.3. The largest absolute Gasteiger partial charge is 1.00 e. The van der Waals surface area contributed by atoms with Gasteiger partial charge in [-0.3, -0.25) is 20.2 Å². The number of fused-ring (bicyclic) bond motifs is 7. The molecule has 0 aromatic carbocycles. The molecule has 0 saturated heterocycles. The van der Waals surface area contributed by atoms with Gasteiger partial charge < -0.3 is 0 Å². The van der Waals surface area contributed by atoms with Gasteiger partial charge in [-0.15, -0.1) is 5.41 Å². The molecule has 40 heavy (non-hydrogen) atoms. The van der Waals surface area contributed by atoms with E-state index in [1.807, 2.05) is 38.3 Å². The molecule has 0 N–H and O–H groups in total. The average molecular weight is 534 g/mol. The molecule has 1 aromatic heterocycles. The first-order chi connectivity index (χ1) is 18.1. The Kier molecular flexibility index (Phi) is 6.70. The third-order valence-electron chi connectivity index (χ3n) is 12.7. The molecule has 6 atom stereocenters. The topological polar surface area (TPSA) is 75.8 Å². The zero-order valence-corrected chi connectivity index (χ0v) is 25.9. The van der Waals surface area contributed by atoms with Gasteiger partial charge in [-0.1, -0.05) is 97.1 Å². The van der Waals surface area contributed by atoms with Crippen molar-refractivity contribution in [2.24, 2.45) is 44.3 Å². The molecule has 0 radical (unpaired) electrons. The summed E-state index contributed by atoms with van der Waals surface area (Å²) in [5.74, 6) is 1.62. The summed E-state index contributed by atoms with van der Waals surface area (Å²) in [5, 5.41) is 14.5. The van der Waals surface area contributed by atoms with Crippen molar-refractivity contribution < 1.29 is 28.4 Å². The van der Waals surface area contributed by atoms with E-state index in [-0.39, 0.29) is 69.5 Å². The van der Waals surface area contributed by atoms with Gasteiger partial charge in [0.2, 0.25) is 0 Å². The summed E-state index contributed by atoms with van der Waals surface area (Å²) in [4.78, 5) is 27.8. The number of nitrogens with zero attached hydrogens (tertiary/aromatic N) is 3. The molecular formula is C34H44LiN3O2. The number of hydrogen-bond acceptors (Lipinski definition) is 4. The van der Waals surface area contributed by atoms with Crippen molar-refractivity contribution >= 4 is 11.6 Å². The van der Waals surface area contributed by atoms with Gasteiger partial charge in [0.1, 0.15) is 11.9 Å². The van der Waals surface area contributed by atoms with E-state index in [1.165, 1.54) is 17.9 Å². The summed E-state index contributed by atoms with van der Waals surface area (Å²) in [6.45, 7) is 16.6. The van der Waals surface area contributed by atoms with E-state index >= 15 is 0 Å². The minimum absolute atomic E-state index is 0. The molecule has 6 rings (SSSR count). The monoisotopic (exact) mass is 533 g/mol. The van der Waals surface area contributed by atoms with Crippen LogP contribution >= 0.6 is 0 Å². The summed E-state index contributed by atoms with van der Waals surface area (Å²) >= 11 is 0. The first-order valence-corrected chi connectivity index (χ1v) is 14.9. The maximum atomic E-state index is 14.6. The predicted octanol–water partition coefficient (Wildman–Crippen LogP) is 4.06.